The second-order valence-corrected chi connectivity index (χ2v) is 4.78. The Morgan fingerprint density at radius 3 is 2.56 bits per heavy atom. The molecular formula is C13H15ClN2O2. The summed E-state index contributed by atoms with van der Waals surface area (Å²) in [6, 6.07) is 5.35. The van der Waals surface area contributed by atoms with Gasteiger partial charge in [-0.25, -0.2) is 0 Å². The highest BCUT2D eigenvalue weighted by Gasteiger charge is 2.17. The summed E-state index contributed by atoms with van der Waals surface area (Å²) in [4.78, 5) is 0. The fourth-order valence-corrected chi connectivity index (χ4v) is 2.10. The third-order valence-corrected chi connectivity index (χ3v) is 2.93. The van der Waals surface area contributed by atoms with Crippen LogP contribution in [0.2, 0.25) is 5.02 Å². The molecule has 0 atom stereocenters. The molecule has 0 aliphatic heterocycles. The first-order valence-electron chi connectivity index (χ1n) is 5.63. The van der Waals surface area contributed by atoms with Gasteiger partial charge >= 0.3 is 0 Å². The highest BCUT2D eigenvalue weighted by molar-refractivity contribution is 6.31. The molecule has 0 saturated carbocycles. The van der Waals surface area contributed by atoms with Gasteiger partial charge in [0.2, 0.25) is 5.88 Å². The largest absolute Gasteiger partial charge is 0.496 e. The summed E-state index contributed by atoms with van der Waals surface area (Å²) in [6.07, 6.45) is 0. The van der Waals surface area contributed by atoms with E-state index in [1.165, 1.54) is 0 Å². The van der Waals surface area contributed by atoms with Gasteiger partial charge in [-0.2, -0.15) is 0 Å². The molecule has 0 amide bonds. The third kappa shape index (κ3) is 2.29. The molecule has 0 aliphatic carbocycles. The maximum Gasteiger partial charge on any atom is 0.222 e. The number of methoxy groups -OCH3 is 1. The number of nitrogen functional groups attached to an aromatic ring is 1. The Hall–Kier alpha value is -1.68. The van der Waals surface area contributed by atoms with Crippen molar-refractivity contribution in [3.8, 4) is 17.0 Å². The Labute approximate surface area is 111 Å². The first kappa shape index (κ1) is 12.8. The molecule has 2 rings (SSSR count). The number of benzene rings is 1. The quantitative estimate of drug-likeness (QED) is 0.920. The molecular weight excluding hydrogens is 252 g/mol. The van der Waals surface area contributed by atoms with Crippen molar-refractivity contribution in [2.45, 2.75) is 19.8 Å². The second-order valence-electron chi connectivity index (χ2n) is 4.35. The van der Waals surface area contributed by atoms with E-state index in [1.807, 2.05) is 6.07 Å². The Bertz CT molecular complexity index is 564. The average Bonchev–Trinajstić information content (AvgIpc) is 2.74. The molecule has 18 heavy (non-hydrogen) atoms. The van der Waals surface area contributed by atoms with E-state index in [-0.39, 0.29) is 5.88 Å². The standard InChI is InChI=1S/C13H15ClN2O2/c1-7(2)9-4-8(14)5-10(13(9)17-3)11-6-12(15)18-16-11/h4-7H,15H2,1-3H3. The van der Waals surface area contributed by atoms with Gasteiger partial charge in [0.05, 0.1) is 7.11 Å². The molecule has 0 fully saturated rings. The Morgan fingerprint density at radius 1 is 1.33 bits per heavy atom. The van der Waals surface area contributed by atoms with Crippen LogP contribution in [-0.4, -0.2) is 12.3 Å². The van der Waals surface area contributed by atoms with E-state index in [4.69, 9.17) is 26.6 Å². The Kier molecular flexibility index (Phi) is 3.48. The predicted octanol–water partition coefficient (Wildman–Crippen LogP) is 3.71. The number of nitrogens with two attached hydrogens (primary N) is 1. The molecule has 5 heteroatoms. The molecule has 1 heterocycles. The normalized spacial score (nSPS) is 10.9. The highest BCUT2D eigenvalue weighted by Crippen LogP contribution is 2.39. The SMILES string of the molecule is COc1c(-c2cc(N)on2)cc(Cl)cc1C(C)C. The number of hydrogen-bond acceptors (Lipinski definition) is 4. The lowest BCUT2D eigenvalue weighted by atomic mass is 9.97. The van der Waals surface area contributed by atoms with E-state index >= 15 is 0 Å². The van der Waals surface area contributed by atoms with Crippen LogP contribution in [0.3, 0.4) is 0 Å². The van der Waals surface area contributed by atoms with Gasteiger partial charge in [0, 0.05) is 16.7 Å². The van der Waals surface area contributed by atoms with Crippen molar-refractivity contribution >= 4 is 17.5 Å². The summed E-state index contributed by atoms with van der Waals surface area (Å²) >= 11 is 6.13. The van der Waals surface area contributed by atoms with Crippen LogP contribution in [0, 0.1) is 0 Å². The monoisotopic (exact) mass is 266 g/mol. The zero-order valence-electron chi connectivity index (χ0n) is 10.5. The van der Waals surface area contributed by atoms with Gasteiger partial charge in [-0.3, -0.25) is 0 Å². The third-order valence-electron chi connectivity index (χ3n) is 2.71. The minimum absolute atomic E-state index is 0.262. The predicted molar refractivity (Wildman–Crippen MR) is 72.0 cm³/mol. The van der Waals surface area contributed by atoms with E-state index in [0.717, 1.165) is 16.9 Å². The number of anilines is 1. The molecule has 0 bridgehead atoms. The smallest absolute Gasteiger partial charge is 0.222 e. The van der Waals surface area contributed by atoms with Crippen LogP contribution in [0.4, 0.5) is 5.88 Å². The lowest BCUT2D eigenvalue weighted by molar-refractivity contribution is 0.407. The number of ether oxygens (including phenoxy) is 1. The molecule has 0 radical (unpaired) electrons. The lowest BCUT2D eigenvalue weighted by Gasteiger charge is -2.15. The van der Waals surface area contributed by atoms with Crippen molar-refractivity contribution in [1.29, 1.82) is 0 Å². The van der Waals surface area contributed by atoms with Crippen molar-refractivity contribution in [2.75, 3.05) is 12.8 Å². The molecule has 2 aromatic rings. The highest BCUT2D eigenvalue weighted by atomic mass is 35.5. The first-order chi connectivity index (χ1) is 8.52. The van der Waals surface area contributed by atoms with Crippen LogP contribution in [-0.2, 0) is 0 Å². The number of nitrogens with zero attached hydrogens (tertiary/aromatic N) is 1. The van der Waals surface area contributed by atoms with Gasteiger partial charge in [-0.1, -0.05) is 30.6 Å². The lowest BCUT2D eigenvalue weighted by Crippen LogP contribution is -1.97. The van der Waals surface area contributed by atoms with Crippen LogP contribution in [0.5, 0.6) is 5.75 Å². The zero-order chi connectivity index (χ0) is 13.3. The van der Waals surface area contributed by atoms with Crippen molar-refractivity contribution in [1.82, 2.24) is 5.16 Å². The van der Waals surface area contributed by atoms with E-state index in [1.54, 1.807) is 19.2 Å². The van der Waals surface area contributed by atoms with Gasteiger partial charge in [-0.05, 0) is 23.6 Å². The van der Waals surface area contributed by atoms with Crippen molar-refractivity contribution in [3.63, 3.8) is 0 Å². The van der Waals surface area contributed by atoms with Gasteiger partial charge in [0.1, 0.15) is 11.4 Å². The molecule has 0 spiro atoms. The average molecular weight is 267 g/mol. The van der Waals surface area contributed by atoms with E-state index in [2.05, 4.69) is 19.0 Å². The summed E-state index contributed by atoms with van der Waals surface area (Å²) < 4.78 is 10.4. The summed E-state index contributed by atoms with van der Waals surface area (Å²) in [6.45, 7) is 4.16. The Morgan fingerprint density at radius 2 is 2.06 bits per heavy atom. The molecule has 1 aromatic carbocycles. The summed E-state index contributed by atoms with van der Waals surface area (Å²) in [5, 5.41) is 4.53. The van der Waals surface area contributed by atoms with Crippen molar-refractivity contribution in [3.05, 3.63) is 28.8 Å². The second kappa shape index (κ2) is 4.90. The summed E-state index contributed by atoms with van der Waals surface area (Å²) in [7, 11) is 1.63. The number of rotatable bonds is 3. The van der Waals surface area contributed by atoms with E-state index < -0.39 is 0 Å². The fraction of sp³-hybridized carbons (Fsp3) is 0.308. The van der Waals surface area contributed by atoms with E-state index in [0.29, 0.717) is 16.6 Å². The molecule has 0 saturated heterocycles. The van der Waals surface area contributed by atoms with Crippen LogP contribution in [0.25, 0.3) is 11.3 Å². The van der Waals surface area contributed by atoms with Crippen LogP contribution in [0.15, 0.2) is 22.7 Å². The topological polar surface area (TPSA) is 61.3 Å². The molecule has 1 aromatic heterocycles. The van der Waals surface area contributed by atoms with Crippen molar-refractivity contribution < 1.29 is 9.26 Å². The molecule has 2 N–H and O–H groups in total. The van der Waals surface area contributed by atoms with Crippen molar-refractivity contribution in [2.24, 2.45) is 0 Å². The minimum Gasteiger partial charge on any atom is -0.496 e. The van der Waals surface area contributed by atoms with E-state index in [9.17, 15) is 0 Å². The maximum absolute atomic E-state index is 6.13. The van der Waals surface area contributed by atoms with Gasteiger partial charge < -0.3 is 15.0 Å². The number of halogens is 1. The molecule has 96 valence electrons. The van der Waals surface area contributed by atoms with Crippen LogP contribution in [0.1, 0.15) is 25.3 Å². The van der Waals surface area contributed by atoms with Gasteiger partial charge in [0.15, 0.2) is 0 Å². The molecule has 4 nitrogen and oxygen atoms in total. The zero-order valence-corrected chi connectivity index (χ0v) is 11.3. The minimum atomic E-state index is 0.262. The first-order valence-corrected chi connectivity index (χ1v) is 6.00. The Balaban J connectivity index is 2.65. The summed E-state index contributed by atoms with van der Waals surface area (Å²) in [5.41, 5.74) is 7.98. The number of aromatic nitrogens is 1. The van der Waals surface area contributed by atoms with Crippen LogP contribution < -0.4 is 10.5 Å². The molecule has 0 unspecified atom stereocenters. The van der Waals surface area contributed by atoms with Crippen LogP contribution >= 0.6 is 11.6 Å². The molecule has 0 aliphatic rings. The summed E-state index contributed by atoms with van der Waals surface area (Å²) in [5.74, 6) is 1.31. The van der Waals surface area contributed by atoms with Gasteiger partial charge in [0.25, 0.3) is 0 Å². The maximum atomic E-state index is 6.13. The number of hydrogen-bond donors (Lipinski definition) is 1. The van der Waals surface area contributed by atoms with Gasteiger partial charge in [-0.15, -0.1) is 0 Å². The fourth-order valence-electron chi connectivity index (χ4n) is 1.88.